The number of hydrogen-bond acceptors (Lipinski definition) is 4. The van der Waals surface area contributed by atoms with Gasteiger partial charge in [0.05, 0.1) is 18.8 Å². The number of fused-ring (bicyclic) bond motifs is 1. The molecule has 0 aliphatic carbocycles. The Kier molecular flexibility index (Phi) is 6.82. The Hall–Kier alpha value is -2.07. The number of esters is 1. The van der Waals surface area contributed by atoms with Gasteiger partial charge in [-0.25, -0.2) is 4.79 Å². The lowest BCUT2D eigenvalue weighted by Gasteiger charge is -2.17. The summed E-state index contributed by atoms with van der Waals surface area (Å²) in [7, 11) is 1.61. The third-order valence-corrected chi connectivity index (χ3v) is 4.56. The highest BCUT2D eigenvalue weighted by molar-refractivity contribution is 5.95. The number of carbonyl (C=O) groups excluding carboxylic acids is 1. The van der Waals surface area contributed by atoms with Crippen LogP contribution in [0, 0.1) is 12.8 Å². The second-order valence-corrected chi connectivity index (χ2v) is 6.74. The lowest BCUT2D eigenvalue weighted by molar-refractivity contribution is 0.0346. The monoisotopic (exact) mass is 344 g/mol. The number of aliphatic hydroxyl groups is 1. The maximum absolute atomic E-state index is 12.7. The Morgan fingerprint density at radius 3 is 2.72 bits per heavy atom. The van der Waals surface area contributed by atoms with Crippen LogP contribution in [-0.4, -0.2) is 30.4 Å². The molecule has 0 saturated carbocycles. The topological polar surface area (TPSA) is 55.8 Å². The van der Waals surface area contributed by atoms with Gasteiger partial charge < -0.3 is 14.6 Å². The number of cyclic esters (lactones) is 1. The maximum Gasteiger partial charge on any atom is 0.339 e. The lowest BCUT2D eigenvalue weighted by Crippen LogP contribution is -2.18. The average Bonchev–Trinajstić information content (AvgIpc) is 2.56. The summed E-state index contributed by atoms with van der Waals surface area (Å²) in [6.45, 7) is 5.79. The number of allylic oxidation sites excluding steroid dienone is 1. The largest absolute Gasteiger partial charge is 0.497 e. The number of hydrogen-bond donors (Lipinski definition) is 1. The van der Waals surface area contributed by atoms with Crippen molar-refractivity contribution in [1.82, 2.24) is 0 Å². The summed E-state index contributed by atoms with van der Waals surface area (Å²) in [5.41, 5.74) is 2.22. The number of ether oxygens (including phenoxy) is 2. The van der Waals surface area contributed by atoms with Crippen molar-refractivity contribution >= 4 is 12.0 Å². The molecule has 1 unspecified atom stereocenters. The second kappa shape index (κ2) is 8.86. The number of aliphatic hydroxyl groups excluding tert-OH is 1. The van der Waals surface area contributed by atoms with Crippen LogP contribution in [0.3, 0.4) is 0 Å². The third kappa shape index (κ3) is 5.20. The van der Waals surface area contributed by atoms with Crippen molar-refractivity contribution in [2.45, 2.75) is 52.2 Å². The zero-order valence-electron chi connectivity index (χ0n) is 15.5. The first-order valence-electron chi connectivity index (χ1n) is 8.83. The fourth-order valence-electron chi connectivity index (χ4n) is 2.94. The Labute approximate surface area is 150 Å². The minimum Gasteiger partial charge on any atom is -0.497 e. The van der Waals surface area contributed by atoms with E-state index in [4.69, 9.17) is 9.47 Å². The summed E-state index contributed by atoms with van der Waals surface area (Å²) < 4.78 is 10.9. The quantitative estimate of drug-likeness (QED) is 0.609. The van der Waals surface area contributed by atoms with Gasteiger partial charge in [0.15, 0.2) is 0 Å². The summed E-state index contributed by atoms with van der Waals surface area (Å²) in [5, 5.41) is 10.2. The minimum atomic E-state index is -0.478. The van der Waals surface area contributed by atoms with Crippen LogP contribution in [0.1, 0.15) is 54.6 Å². The highest BCUT2D eigenvalue weighted by Gasteiger charge is 2.19. The molecule has 25 heavy (non-hydrogen) atoms. The van der Waals surface area contributed by atoms with E-state index in [1.54, 1.807) is 13.2 Å². The number of carbonyl (C=O) groups is 1. The first kappa shape index (κ1) is 19.3. The van der Waals surface area contributed by atoms with Crippen LogP contribution in [0.4, 0.5) is 0 Å². The predicted octanol–water partition coefficient (Wildman–Crippen LogP) is 4.30. The lowest BCUT2D eigenvalue weighted by atomic mass is 9.96. The van der Waals surface area contributed by atoms with Crippen molar-refractivity contribution in [3.8, 4) is 5.75 Å². The number of benzene rings is 1. The van der Waals surface area contributed by atoms with Gasteiger partial charge in [-0.2, -0.15) is 0 Å². The fraction of sp³-hybridized carbons (Fsp3) is 0.476. The van der Waals surface area contributed by atoms with E-state index in [9.17, 15) is 9.90 Å². The summed E-state index contributed by atoms with van der Waals surface area (Å²) in [4.78, 5) is 12.7. The number of rotatable bonds is 1. The molecule has 2 rings (SSSR count). The molecule has 1 aromatic rings. The predicted molar refractivity (Wildman–Crippen MR) is 99.8 cm³/mol. The van der Waals surface area contributed by atoms with Crippen LogP contribution in [-0.2, 0) is 4.74 Å². The van der Waals surface area contributed by atoms with Gasteiger partial charge in [0.1, 0.15) is 11.9 Å². The van der Waals surface area contributed by atoms with Gasteiger partial charge in [-0.1, -0.05) is 31.2 Å². The molecule has 4 heteroatoms. The molecular formula is C21H28O4. The van der Waals surface area contributed by atoms with E-state index in [1.165, 1.54) is 0 Å². The fourth-order valence-corrected chi connectivity index (χ4v) is 2.94. The first-order valence-corrected chi connectivity index (χ1v) is 8.83. The van der Waals surface area contributed by atoms with Crippen LogP contribution in [0.5, 0.6) is 5.75 Å². The highest BCUT2D eigenvalue weighted by atomic mass is 16.5. The smallest absolute Gasteiger partial charge is 0.339 e. The Morgan fingerprint density at radius 2 is 2.00 bits per heavy atom. The zero-order valence-corrected chi connectivity index (χ0v) is 15.5. The van der Waals surface area contributed by atoms with Gasteiger partial charge in [-0.15, -0.1) is 0 Å². The molecule has 0 aromatic heterocycles. The van der Waals surface area contributed by atoms with Crippen molar-refractivity contribution in [2.24, 2.45) is 5.92 Å². The molecule has 1 N–H and O–H groups in total. The summed E-state index contributed by atoms with van der Waals surface area (Å²) in [6, 6.07) is 3.70. The van der Waals surface area contributed by atoms with Gasteiger partial charge in [-0.3, -0.25) is 0 Å². The van der Waals surface area contributed by atoms with Crippen molar-refractivity contribution in [3.63, 3.8) is 0 Å². The van der Waals surface area contributed by atoms with Crippen LogP contribution in [0.2, 0.25) is 0 Å². The molecule has 1 aliphatic rings. The molecule has 0 spiro atoms. The SMILES string of the molecule is COc1cc(C)c2c(c1)/C=C/CC[C@H](C)C(O)/C=C\C[C@H](C)OC2=O. The van der Waals surface area contributed by atoms with Gasteiger partial charge >= 0.3 is 5.97 Å². The van der Waals surface area contributed by atoms with Crippen LogP contribution in [0.15, 0.2) is 30.4 Å². The normalized spacial score (nSPS) is 27.6. The van der Waals surface area contributed by atoms with Crippen LogP contribution < -0.4 is 4.74 Å². The van der Waals surface area contributed by atoms with Crippen molar-refractivity contribution in [2.75, 3.05) is 7.11 Å². The van der Waals surface area contributed by atoms with E-state index < -0.39 is 6.10 Å². The van der Waals surface area contributed by atoms with E-state index in [0.29, 0.717) is 12.0 Å². The van der Waals surface area contributed by atoms with Crippen molar-refractivity contribution < 1.29 is 19.4 Å². The Bertz CT molecular complexity index is 660. The van der Waals surface area contributed by atoms with Gasteiger partial charge in [0.25, 0.3) is 0 Å². The molecule has 136 valence electrons. The summed E-state index contributed by atoms with van der Waals surface area (Å²) in [5.74, 6) is 0.564. The molecule has 1 aliphatic heterocycles. The number of methoxy groups -OCH3 is 1. The van der Waals surface area contributed by atoms with Crippen molar-refractivity contribution in [3.05, 3.63) is 47.1 Å². The Morgan fingerprint density at radius 1 is 1.24 bits per heavy atom. The van der Waals surface area contributed by atoms with Crippen LogP contribution >= 0.6 is 0 Å². The van der Waals surface area contributed by atoms with Gasteiger partial charge in [0.2, 0.25) is 0 Å². The molecule has 1 heterocycles. The molecule has 1 aromatic carbocycles. The Balaban J connectivity index is 2.39. The highest BCUT2D eigenvalue weighted by Crippen LogP contribution is 2.26. The minimum absolute atomic E-state index is 0.174. The van der Waals surface area contributed by atoms with E-state index in [2.05, 4.69) is 0 Å². The third-order valence-electron chi connectivity index (χ3n) is 4.56. The second-order valence-electron chi connectivity index (χ2n) is 6.74. The maximum atomic E-state index is 12.7. The molecule has 0 amide bonds. The molecule has 4 nitrogen and oxygen atoms in total. The molecule has 0 fully saturated rings. The first-order chi connectivity index (χ1) is 11.9. The summed E-state index contributed by atoms with van der Waals surface area (Å²) in [6.07, 6.45) is 9.21. The molecule has 0 saturated heterocycles. The van der Waals surface area contributed by atoms with E-state index in [-0.39, 0.29) is 18.0 Å². The molecule has 0 radical (unpaired) electrons. The van der Waals surface area contributed by atoms with E-state index >= 15 is 0 Å². The molecule has 0 bridgehead atoms. The van der Waals surface area contributed by atoms with Gasteiger partial charge in [0, 0.05) is 6.42 Å². The van der Waals surface area contributed by atoms with E-state index in [1.807, 2.05) is 51.1 Å². The van der Waals surface area contributed by atoms with E-state index in [0.717, 1.165) is 29.7 Å². The molecule has 3 atom stereocenters. The molecular weight excluding hydrogens is 316 g/mol. The van der Waals surface area contributed by atoms with Crippen LogP contribution in [0.25, 0.3) is 6.08 Å². The summed E-state index contributed by atoms with van der Waals surface area (Å²) >= 11 is 0. The standard InChI is InChI=1S/C21H28O4/c1-14-8-5-6-10-17-13-18(24-4)12-15(2)20(17)21(23)25-16(3)9-7-11-19(14)22/h6-7,10-14,16,19,22H,5,8-9H2,1-4H3/b10-6+,11-7-/t14-,16-,19?/m0/s1. The number of aryl methyl sites for hydroxylation is 1. The zero-order chi connectivity index (χ0) is 18.4. The van der Waals surface area contributed by atoms with Gasteiger partial charge in [-0.05, 0) is 55.9 Å². The average molecular weight is 344 g/mol. The van der Waals surface area contributed by atoms with Crippen molar-refractivity contribution in [1.29, 1.82) is 0 Å².